The molecule has 17 heavy (non-hydrogen) atoms. The summed E-state index contributed by atoms with van der Waals surface area (Å²) < 4.78 is 9.64. The minimum Gasteiger partial charge on any atom is -0.397 e. The van der Waals surface area contributed by atoms with Crippen LogP contribution in [0.3, 0.4) is 0 Å². The number of nitrogens with one attached hydrogen (secondary N) is 1. The molecule has 0 bridgehead atoms. The summed E-state index contributed by atoms with van der Waals surface area (Å²) >= 11 is 0. The SMILES string of the molecule is Nc1ccc(NCc2ccno2)c2nonc12. The van der Waals surface area contributed by atoms with Crippen molar-refractivity contribution in [3.05, 3.63) is 30.2 Å². The predicted molar refractivity (Wildman–Crippen MR) is 60.0 cm³/mol. The maximum atomic E-state index is 5.74. The first-order valence-electron chi connectivity index (χ1n) is 4.99. The second-order valence-corrected chi connectivity index (χ2v) is 3.50. The van der Waals surface area contributed by atoms with E-state index in [0.717, 1.165) is 11.4 Å². The third kappa shape index (κ3) is 1.67. The fourth-order valence-electron chi connectivity index (χ4n) is 1.54. The Bertz CT molecular complexity index is 631. The first-order valence-corrected chi connectivity index (χ1v) is 4.99. The highest BCUT2D eigenvalue weighted by atomic mass is 16.6. The largest absolute Gasteiger partial charge is 0.397 e. The monoisotopic (exact) mass is 231 g/mol. The van der Waals surface area contributed by atoms with Crippen molar-refractivity contribution in [2.45, 2.75) is 6.54 Å². The Hall–Kier alpha value is -2.57. The first-order chi connectivity index (χ1) is 8.34. The molecular formula is C10H9N5O2. The Morgan fingerprint density at radius 3 is 2.88 bits per heavy atom. The highest BCUT2D eigenvalue weighted by Crippen LogP contribution is 2.25. The summed E-state index contributed by atoms with van der Waals surface area (Å²) in [6.45, 7) is 0.506. The lowest BCUT2D eigenvalue weighted by Gasteiger charge is -2.04. The van der Waals surface area contributed by atoms with Crippen LogP contribution in [0.25, 0.3) is 11.0 Å². The predicted octanol–water partition coefficient (Wildman–Crippen LogP) is 1.41. The fourth-order valence-corrected chi connectivity index (χ4v) is 1.54. The lowest BCUT2D eigenvalue weighted by Crippen LogP contribution is -1.99. The van der Waals surface area contributed by atoms with Gasteiger partial charge in [0.05, 0.1) is 24.1 Å². The zero-order valence-corrected chi connectivity index (χ0v) is 8.75. The van der Waals surface area contributed by atoms with Crippen molar-refractivity contribution < 1.29 is 9.15 Å². The van der Waals surface area contributed by atoms with Gasteiger partial charge in [-0.2, -0.15) is 0 Å². The molecule has 7 heteroatoms. The third-order valence-corrected chi connectivity index (χ3v) is 2.39. The van der Waals surface area contributed by atoms with Gasteiger partial charge in [-0.05, 0) is 22.4 Å². The van der Waals surface area contributed by atoms with Crippen molar-refractivity contribution in [2.24, 2.45) is 0 Å². The minimum absolute atomic E-state index is 0.506. The van der Waals surface area contributed by atoms with E-state index in [-0.39, 0.29) is 0 Å². The van der Waals surface area contributed by atoms with Gasteiger partial charge in [0.25, 0.3) is 0 Å². The number of fused-ring (bicyclic) bond motifs is 1. The molecule has 0 aliphatic heterocycles. The van der Waals surface area contributed by atoms with E-state index in [1.54, 1.807) is 18.3 Å². The highest BCUT2D eigenvalue weighted by Gasteiger charge is 2.10. The molecule has 0 saturated heterocycles. The molecule has 7 nitrogen and oxygen atoms in total. The van der Waals surface area contributed by atoms with Crippen LogP contribution < -0.4 is 11.1 Å². The van der Waals surface area contributed by atoms with Gasteiger partial charge >= 0.3 is 0 Å². The van der Waals surface area contributed by atoms with Crippen LogP contribution in [0.4, 0.5) is 11.4 Å². The van der Waals surface area contributed by atoms with Crippen molar-refractivity contribution in [1.82, 2.24) is 15.5 Å². The molecule has 0 fully saturated rings. The summed E-state index contributed by atoms with van der Waals surface area (Å²) in [7, 11) is 0. The molecular weight excluding hydrogens is 222 g/mol. The zero-order valence-electron chi connectivity index (χ0n) is 8.75. The number of anilines is 2. The van der Waals surface area contributed by atoms with Crippen molar-refractivity contribution in [2.75, 3.05) is 11.1 Å². The Morgan fingerprint density at radius 1 is 1.18 bits per heavy atom. The van der Waals surface area contributed by atoms with Crippen LogP contribution in [0.1, 0.15) is 5.76 Å². The van der Waals surface area contributed by atoms with E-state index in [0.29, 0.717) is 23.3 Å². The Labute approximate surface area is 95.5 Å². The third-order valence-electron chi connectivity index (χ3n) is 2.39. The molecule has 0 saturated carbocycles. The Kier molecular flexibility index (Phi) is 2.14. The number of benzene rings is 1. The molecule has 3 aromatic rings. The Morgan fingerprint density at radius 2 is 2.06 bits per heavy atom. The molecule has 2 heterocycles. The van der Waals surface area contributed by atoms with Gasteiger partial charge in [0.1, 0.15) is 0 Å². The van der Waals surface area contributed by atoms with Crippen molar-refractivity contribution in [3.63, 3.8) is 0 Å². The summed E-state index contributed by atoms with van der Waals surface area (Å²) in [5, 5.41) is 14.3. The van der Waals surface area contributed by atoms with Crippen LogP contribution in [-0.2, 0) is 6.54 Å². The van der Waals surface area contributed by atoms with Crippen molar-refractivity contribution in [3.8, 4) is 0 Å². The molecule has 1 aromatic carbocycles. The number of hydrogen-bond acceptors (Lipinski definition) is 7. The van der Waals surface area contributed by atoms with Crippen molar-refractivity contribution >= 4 is 22.4 Å². The van der Waals surface area contributed by atoms with E-state index in [4.69, 9.17) is 10.3 Å². The van der Waals surface area contributed by atoms with E-state index in [1.165, 1.54) is 0 Å². The van der Waals surface area contributed by atoms with E-state index in [2.05, 4.69) is 25.4 Å². The van der Waals surface area contributed by atoms with Crippen LogP contribution in [0.2, 0.25) is 0 Å². The molecule has 3 N–H and O–H groups in total. The van der Waals surface area contributed by atoms with Gasteiger partial charge in [-0.1, -0.05) is 5.16 Å². The van der Waals surface area contributed by atoms with Gasteiger partial charge in [0, 0.05) is 6.07 Å². The van der Waals surface area contributed by atoms with Crippen molar-refractivity contribution in [1.29, 1.82) is 0 Å². The Balaban J connectivity index is 1.90. The van der Waals surface area contributed by atoms with Gasteiger partial charge in [-0.15, -0.1) is 0 Å². The molecule has 2 aromatic heterocycles. The second-order valence-electron chi connectivity index (χ2n) is 3.50. The zero-order chi connectivity index (χ0) is 11.7. The number of rotatable bonds is 3. The molecule has 0 spiro atoms. The molecule has 0 radical (unpaired) electrons. The van der Waals surface area contributed by atoms with Crippen LogP contribution in [0.15, 0.2) is 33.5 Å². The maximum absolute atomic E-state index is 5.74. The lowest BCUT2D eigenvalue weighted by atomic mass is 10.2. The van der Waals surface area contributed by atoms with Crippen LogP contribution in [-0.4, -0.2) is 15.5 Å². The highest BCUT2D eigenvalue weighted by molar-refractivity contribution is 5.94. The van der Waals surface area contributed by atoms with Gasteiger partial charge in [0.2, 0.25) is 0 Å². The summed E-state index contributed by atoms with van der Waals surface area (Å²) in [6.07, 6.45) is 1.59. The fraction of sp³-hybridized carbons (Fsp3) is 0.100. The van der Waals surface area contributed by atoms with Crippen LogP contribution in [0, 0.1) is 0 Å². The smallest absolute Gasteiger partial charge is 0.160 e. The van der Waals surface area contributed by atoms with E-state index in [9.17, 15) is 0 Å². The minimum atomic E-state index is 0.506. The van der Waals surface area contributed by atoms with E-state index in [1.807, 2.05) is 6.07 Å². The molecule has 3 rings (SSSR count). The maximum Gasteiger partial charge on any atom is 0.160 e. The number of aromatic nitrogens is 3. The number of nitrogen functional groups attached to an aromatic ring is 1. The van der Waals surface area contributed by atoms with E-state index >= 15 is 0 Å². The van der Waals surface area contributed by atoms with E-state index < -0.39 is 0 Å². The molecule has 0 atom stereocenters. The molecule has 0 aliphatic rings. The van der Waals surface area contributed by atoms with Gasteiger partial charge in [0.15, 0.2) is 16.8 Å². The number of nitrogens with zero attached hydrogens (tertiary/aromatic N) is 3. The number of hydrogen-bond donors (Lipinski definition) is 2. The topological polar surface area (TPSA) is 103 Å². The molecule has 0 aliphatic carbocycles. The quantitative estimate of drug-likeness (QED) is 0.656. The summed E-state index contributed by atoms with van der Waals surface area (Å²) in [5.74, 6) is 0.728. The molecule has 86 valence electrons. The summed E-state index contributed by atoms with van der Waals surface area (Å²) in [6, 6.07) is 5.34. The van der Waals surface area contributed by atoms with Crippen LogP contribution in [0.5, 0.6) is 0 Å². The second kappa shape index (κ2) is 3.78. The standard InChI is InChI=1S/C10H9N5O2/c11-7-1-2-8(10-9(7)14-17-15-10)12-5-6-3-4-13-16-6/h1-4,12H,5,11H2. The summed E-state index contributed by atoms with van der Waals surface area (Å²) in [4.78, 5) is 0. The first kappa shape index (κ1) is 9.64. The average molecular weight is 231 g/mol. The lowest BCUT2D eigenvalue weighted by molar-refractivity contribution is 0.315. The van der Waals surface area contributed by atoms with Crippen LogP contribution >= 0.6 is 0 Å². The molecule has 0 amide bonds. The normalized spacial score (nSPS) is 10.8. The number of nitrogens with two attached hydrogens (primary N) is 1. The van der Waals surface area contributed by atoms with Gasteiger partial charge in [-0.25, -0.2) is 4.63 Å². The molecule has 0 unspecified atom stereocenters. The van der Waals surface area contributed by atoms with Gasteiger partial charge in [-0.3, -0.25) is 0 Å². The summed E-state index contributed by atoms with van der Waals surface area (Å²) in [5.41, 5.74) is 8.21. The van der Waals surface area contributed by atoms with Gasteiger partial charge < -0.3 is 15.6 Å². The average Bonchev–Trinajstić information content (AvgIpc) is 2.99.